The SMILES string of the molecule is CC(=O)NC(CC(=O)N1CCCC(C(C)N)C1)c1ccc(Cl)cc1.Cl. The summed E-state index contributed by atoms with van der Waals surface area (Å²) in [5, 5.41) is 3.49. The Balaban J connectivity index is 0.00000312. The molecule has 140 valence electrons. The van der Waals surface area contributed by atoms with Crippen molar-refractivity contribution in [3.63, 3.8) is 0 Å². The van der Waals surface area contributed by atoms with Crippen LogP contribution in [0.25, 0.3) is 0 Å². The molecule has 0 saturated carbocycles. The van der Waals surface area contributed by atoms with Gasteiger partial charge in [0.1, 0.15) is 0 Å². The van der Waals surface area contributed by atoms with Crippen LogP contribution in [0.3, 0.4) is 0 Å². The Morgan fingerprint density at radius 2 is 2.00 bits per heavy atom. The van der Waals surface area contributed by atoms with E-state index in [4.69, 9.17) is 17.3 Å². The molecule has 0 radical (unpaired) electrons. The van der Waals surface area contributed by atoms with Gasteiger partial charge in [0.05, 0.1) is 12.5 Å². The van der Waals surface area contributed by atoms with Gasteiger partial charge in [0.25, 0.3) is 0 Å². The van der Waals surface area contributed by atoms with Gasteiger partial charge in [-0.1, -0.05) is 23.7 Å². The zero-order valence-electron chi connectivity index (χ0n) is 14.7. The summed E-state index contributed by atoms with van der Waals surface area (Å²) in [4.78, 5) is 26.1. The third-order valence-electron chi connectivity index (χ3n) is 4.58. The van der Waals surface area contributed by atoms with Crippen molar-refractivity contribution in [2.45, 2.75) is 45.2 Å². The molecule has 0 aliphatic carbocycles. The molecule has 1 aromatic carbocycles. The van der Waals surface area contributed by atoms with Gasteiger partial charge in [-0.15, -0.1) is 12.4 Å². The minimum Gasteiger partial charge on any atom is -0.349 e. The maximum absolute atomic E-state index is 12.7. The van der Waals surface area contributed by atoms with Gasteiger partial charge in [-0.25, -0.2) is 0 Å². The summed E-state index contributed by atoms with van der Waals surface area (Å²) in [5.74, 6) is 0.237. The molecule has 3 atom stereocenters. The van der Waals surface area contributed by atoms with Crippen molar-refractivity contribution in [3.8, 4) is 0 Å². The third kappa shape index (κ3) is 6.49. The number of nitrogens with one attached hydrogen (secondary N) is 1. The Hall–Kier alpha value is -1.30. The van der Waals surface area contributed by atoms with E-state index in [1.807, 2.05) is 24.0 Å². The van der Waals surface area contributed by atoms with Crippen molar-refractivity contribution >= 4 is 35.8 Å². The summed E-state index contributed by atoms with van der Waals surface area (Å²) >= 11 is 5.92. The van der Waals surface area contributed by atoms with Crippen LogP contribution in [0.4, 0.5) is 0 Å². The number of hydrogen-bond acceptors (Lipinski definition) is 3. The van der Waals surface area contributed by atoms with Crippen LogP contribution in [0.2, 0.25) is 5.02 Å². The van der Waals surface area contributed by atoms with Crippen LogP contribution in [0.15, 0.2) is 24.3 Å². The second-order valence-corrected chi connectivity index (χ2v) is 7.05. The highest BCUT2D eigenvalue weighted by Crippen LogP contribution is 2.24. The van der Waals surface area contributed by atoms with Crippen LogP contribution in [0, 0.1) is 5.92 Å². The van der Waals surface area contributed by atoms with Gasteiger partial charge in [0.15, 0.2) is 0 Å². The van der Waals surface area contributed by atoms with Crippen molar-refractivity contribution in [1.29, 1.82) is 0 Å². The highest BCUT2D eigenvalue weighted by atomic mass is 35.5. The lowest BCUT2D eigenvalue weighted by Gasteiger charge is -2.35. The predicted octanol–water partition coefficient (Wildman–Crippen LogP) is 2.91. The Morgan fingerprint density at radius 1 is 1.36 bits per heavy atom. The first-order chi connectivity index (χ1) is 11.4. The Morgan fingerprint density at radius 3 is 2.56 bits per heavy atom. The fourth-order valence-electron chi connectivity index (χ4n) is 3.16. The van der Waals surface area contributed by atoms with Crippen molar-refractivity contribution in [3.05, 3.63) is 34.9 Å². The topological polar surface area (TPSA) is 75.4 Å². The summed E-state index contributed by atoms with van der Waals surface area (Å²) in [6.45, 7) is 4.91. The highest BCUT2D eigenvalue weighted by molar-refractivity contribution is 6.30. The summed E-state index contributed by atoms with van der Waals surface area (Å²) < 4.78 is 0. The average Bonchev–Trinajstić information content (AvgIpc) is 2.54. The molecule has 0 spiro atoms. The molecule has 1 heterocycles. The minimum absolute atomic E-state index is 0. The first-order valence-corrected chi connectivity index (χ1v) is 8.80. The standard InChI is InChI=1S/C18H26ClN3O2.ClH/c1-12(20)15-4-3-9-22(11-15)18(24)10-17(21-13(2)23)14-5-7-16(19)8-6-14;/h5-8,12,15,17H,3-4,9-11,20H2,1-2H3,(H,21,23);1H. The first-order valence-electron chi connectivity index (χ1n) is 8.42. The molecule has 1 aliphatic rings. The zero-order valence-corrected chi connectivity index (χ0v) is 16.3. The molecule has 3 unspecified atom stereocenters. The fraction of sp³-hybridized carbons (Fsp3) is 0.556. The Bertz CT molecular complexity index is 578. The minimum atomic E-state index is -0.344. The van der Waals surface area contributed by atoms with Gasteiger partial charge >= 0.3 is 0 Å². The molecule has 25 heavy (non-hydrogen) atoms. The lowest BCUT2D eigenvalue weighted by atomic mass is 9.91. The van der Waals surface area contributed by atoms with E-state index in [0.29, 0.717) is 17.5 Å². The van der Waals surface area contributed by atoms with Crippen LogP contribution in [0.5, 0.6) is 0 Å². The number of amides is 2. The molecule has 7 heteroatoms. The van der Waals surface area contributed by atoms with Gasteiger partial charge in [-0.05, 0) is 43.4 Å². The number of rotatable bonds is 5. The largest absolute Gasteiger partial charge is 0.349 e. The van der Waals surface area contributed by atoms with Gasteiger partial charge in [-0.2, -0.15) is 0 Å². The molecule has 1 aliphatic heterocycles. The summed E-state index contributed by atoms with van der Waals surface area (Å²) in [5.41, 5.74) is 6.87. The smallest absolute Gasteiger partial charge is 0.224 e. The molecule has 5 nitrogen and oxygen atoms in total. The van der Waals surface area contributed by atoms with Crippen LogP contribution >= 0.6 is 24.0 Å². The quantitative estimate of drug-likeness (QED) is 0.815. The number of carbonyl (C=O) groups excluding carboxylic acids is 2. The van der Waals surface area contributed by atoms with Crippen molar-refractivity contribution < 1.29 is 9.59 Å². The molecule has 2 rings (SSSR count). The number of likely N-dealkylation sites (tertiary alicyclic amines) is 1. The fourth-order valence-corrected chi connectivity index (χ4v) is 3.29. The second-order valence-electron chi connectivity index (χ2n) is 6.61. The van der Waals surface area contributed by atoms with Gasteiger partial charge in [0, 0.05) is 31.1 Å². The van der Waals surface area contributed by atoms with Gasteiger partial charge in [0.2, 0.25) is 11.8 Å². The number of piperidine rings is 1. The number of nitrogens with zero attached hydrogens (tertiary/aromatic N) is 1. The third-order valence-corrected chi connectivity index (χ3v) is 4.83. The van der Waals surface area contributed by atoms with E-state index in [1.54, 1.807) is 12.1 Å². The summed E-state index contributed by atoms with van der Waals surface area (Å²) in [6, 6.07) is 6.96. The van der Waals surface area contributed by atoms with E-state index in [9.17, 15) is 9.59 Å². The van der Waals surface area contributed by atoms with E-state index in [0.717, 1.165) is 24.9 Å². The highest BCUT2D eigenvalue weighted by Gasteiger charge is 2.27. The van der Waals surface area contributed by atoms with Crippen LogP contribution < -0.4 is 11.1 Å². The van der Waals surface area contributed by atoms with E-state index in [2.05, 4.69) is 5.32 Å². The molecule has 2 amide bonds. The van der Waals surface area contributed by atoms with Crippen LogP contribution in [0.1, 0.15) is 44.7 Å². The molecule has 1 saturated heterocycles. The van der Waals surface area contributed by atoms with Crippen molar-refractivity contribution in [2.75, 3.05) is 13.1 Å². The Kier molecular flexibility index (Phi) is 8.69. The molecular weight excluding hydrogens is 361 g/mol. The molecule has 3 N–H and O–H groups in total. The van der Waals surface area contributed by atoms with E-state index in [1.165, 1.54) is 6.92 Å². The maximum Gasteiger partial charge on any atom is 0.224 e. The van der Waals surface area contributed by atoms with Crippen LogP contribution in [-0.4, -0.2) is 35.8 Å². The van der Waals surface area contributed by atoms with Crippen LogP contribution in [-0.2, 0) is 9.59 Å². The molecule has 0 aromatic heterocycles. The number of halogens is 2. The van der Waals surface area contributed by atoms with E-state index < -0.39 is 0 Å². The lowest BCUT2D eigenvalue weighted by molar-refractivity contribution is -0.134. The molecule has 1 fully saturated rings. The number of hydrogen-bond donors (Lipinski definition) is 2. The average molecular weight is 388 g/mol. The Labute approximate surface area is 160 Å². The first kappa shape index (κ1) is 21.7. The zero-order chi connectivity index (χ0) is 17.7. The summed E-state index contributed by atoms with van der Waals surface area (Å²) in [6.07, 6.45) is 2.28. The van der Waals surface area contributed by atoms with Gasteiger partial charge < -0.3 is 16.0 Å². The number of benzene rings is 1. The lowest BCUT2D eigenvalue weighted by Crippen LogP contribution is -2.46. The normalized spacial score (nSPS) is 19.5. The molecular formula is C18H27Cl2N3O2. The summed E-state index contributed by atoms with van der Waals surface area (Å²) in [7, 11) is 0. The second kappa shape index (κ2) is 10.00. The predicted molar refractivity (Wildman–Crippen MR) is 103 cm³/mol. The number of carbonyl (C=O) groups is 2. The van der Waals surface area contributed by atoms with E-state index in [-0.39, 0.29) is 42.7 Å². The maximum atomic E-state index is 12.7. The van der Waals surface area contributed by atoms with Gasteiger partial charge in [-0.3, -0.25) is 9.59 Å². The molecule has 0 bridgehead atoms. The van der Waals surface area contributed by atoms with Crippen molar-refractivity contribution in [1.82, 2.24) is 10.2 Å². The molecule has 1 aromatic rings. The van der Waals surface area contributed by atoms with Crippen molar-refractivity contribution in [2.24, 2.45) is 11.7 Å². The number of nitrogens with two attached hydrogens (primary N) is 1. The monoisotopic (exact) mass is 387 g/mol. The van der Waals surface area contributed by atoms with E-state index >= 15 is 0 Å².